The third-order valence-electron chi connectivity index (χ3n) is 3.14. The highest BCUT2D eigenvalue weighted by Crippen LogP contribution is 2.31. The Morgan fingerprint density at radius 2 is 2.12 bits per heavy atom. The SMILES string of the molecule is O=C1C2=C(C3CS(=O)CCN13)S(=O)CCN2. The van der Waals surface area contributed by atoms with Crippen molar-refractivity contribution in [1.29, 1.82) is 0 Å². The fourth-order valence-corrected chi connectivity index (χ4v) is 5.17. The van der Waals surface area contributed by atoms with Gasteiger partial charge < -0.3 is 10.2 Å². The van der Waals surface area contributed by atoms with Gasteiger partial charge in [0.1, 0.15) is 5.70 Å². The number of nitrogens with zero attached hydrogens (tertiary/aromatic N) is 1. The maximum Gasteiger partial charge on any atom is 0.271 e. The molecule has 1 amide bonds. The number of rotatable bonds is 0. The molecule has 16 heavy (non-hydrogen) atoms. The zero-order valence-electron chi connectivity index (χ0n) is 8.60. The maximum absolute atomic E-state index is 12.0. The molecule has 0 aromatic rings. The third-order valence-corrected chi connectivity index (χ3v) is 6.01. The van der Waals surface area contributed by atoms with Crippen LogP contribution in [-0.4, -0.2) is 55.6 Å². The van der Waals surface area contributed by atoms with Gasteiger partial charge in [-0.1, -0.05) is 0 Å². The van der Waals surface area contributed by atoms with Crippen molar-refractivity contribution in [3.05, 3.63) is 10.6 Å². The second kappa shape index (κ2) is 3.66. The van der Waals surface area contributed by atoms with Crippen LogP contribution in [0.2, 0.25) is 0 Å². The second-order valence-electron chi connectivity index (χ2n) is 4.04. The fraction of sp³-hybridized carbons (Fsp3) is 0.667. The van der Waals surface area contributed by atoms with Gasteiger partial charge >= 0.3 is 0 Å². The molecular formula is C9H12N2O3S2. The highest BCUT2D eigenvalue weighted by atomic mass is 32.2. The molecule has 1 fully saturated rings. The van der Waals surface area contributed by atoms with E-state index in [1.54, 1.807) is 4.90 Å². The van der Waals surface area contributed by atoms with Crippen molar-refractivity contribution >= 4 is 27.5 Å². The Kier molecular flexibility index (Phi) is 2.39. The minimum atomic E-state index is -1.08. The minimum Gasteiger partial charge on any atom is -0.379 e. The summed E-state index contributed by atoms with van der Waals surface area (Å²) in [6, 6.07) is -0.189. The second-order valence-corrected chi connectivity index (χ2v) is 7.20. The van der Waals surface area contributed by atoms with Gasteiger partial charge in [0.15, 0.2) is 0 Å². The molecule has 7 heteroatoms. The number of nitrogens with one attached hydrogen (secondary N) is 1. The van der Waals surface area contributed by atoms with Crippen LogP contribution < -0.4 is 5.32 Å². The molecule has 5 nitrogen and oxygen atoms in total. The summed E-state index contributed by atoms with van der Waals surface area (Å²) in [5.41, 5.74) is 0.508. The van der Waals surface area contributed by atoms with Crippen LogP contribution >= 0.6 is 0 Å². The molecule has 0 bridgehead atoms. The number of carbonyl (C=O) groups excluding carboxylic acids is 1. The van der Waals surface area contributed by atoms with Gasteiger partial charge in [0.2, 0.25) is 0 Å². The Hall–Kier alpha value is -0.690. The number of carbonyl (C=O) groups is 1. The molecule has 1 N–H and O–H groups in total. The first-order chi connectivity index (χ1) is 7.68. The van der Waals surface area contributed by atoms with Crippen molar-refractivity contribution in [3.8, 4) is 0 Å². The van der Waals surface area contributed by atoms with Gasteiger partial charge in [-0.05, 0) is 0 Å². The molecular weight excluding hydrogens is 248 g/mol. The molecule has 3 heterocycles. The normalized spacial score (nSPS) is 38.1. The predicted molar refractivity (Wildman–Crippen MR) is 61.4 cm³/mol. The van der Waals surface area contributed by atoms with E-state index in [0.717, 1.165) is 0 Å². The summed E-state index contributed by atoms with van der Waals surface area (Å²) in [5.74, 6) is 1.46. The average Bonchev–Trinajstić information content (AvgIpc) is 2.54. The van der Waals surface area contributed by atoms with E-state index < -0.39 is 21.6 Å². The van der Waals surface area contributed by atoms with E-state index in [4.69, 9.17) is 0 Å². The Balaban J connectivity index is 2.03. The molecule has 3 atom stereocenters. The van der Waals surface area contributed by atoms with E-state index in [9.17, 15) is 13.2 Å². The number of hydrogen-bond acceptors (Lipinski definition) is 4. The topological polar surface area (TPSA) is 66.5 Å². The summed E-state index contributed by atoms with van der Waals surface area (Å²) in [5, 5.41) is 3.03. The van der Waals surface area contributed by atoms with Gasteiger partial charge in [-0.2, -0.15) is 0 Å². The van der Waals surface area contributed by atoms with Crippen LogP contribution in [0.15, 0.2) is 10.6 Å². The van der Waals surface area contributed by atoms with Crippen molar-refractivity contribution in [2.45, 2.75) is 6.04 Å². The molecule has 0 spiro atoms. The van der Waals surface area contributed by atoms with Gasteiger partial charge in [-0.3, -0.25) is 13.2 Å². The zero-order chi connectivity index (χ0) is 11.3. The standard InChI is InChI=1S/C9H12N2O3S2/c12-9-7-8(16(14)3-1-10-7)6-5-15(13)4-2-11(6)9/h6,10H,1-5H2. The molecule has 88 valence electrons. The molecule has 1 saturated heterocycles. The molecule has 0 aromatic carbocycles. The van der Waals surface area contributed by atoms with Crippen LogP contribution in [0.5, 0.6) is 0 Å². The Morgan fingerprint density at radius 3 is 2.94 bits per heavy atom. The lowest BCUT2D eigenvalue weighted by Gasteiger charge is -2.30. The van der Waals surface area contributed by atoms with Crippen molar-refractivity contribution in [2.75, 3.05) is 30.3 Å². The molecule has 0 saturated carbocycles. The monoisotopic (exact) mass is 260 g/mol. The van der Waals surface area contributed by atoms with Crippen molar-refractivity contribution in [2.24, 2.45) is 0 Å². The smallest absolute Gasteiger partial charge is 0.271 e. The Bertz CT molecular complexity index is 446. The lowest BCUT2D eigenvalue weighted by molar-refractivity contribution is -0.126. The first-order valence-electron chi connectivity index (χ1n) is 5.21. The minimum absolute atomic E-state index is 0.0650. The summed E-state index contributed by atoms with van der Waals surface area (Å²) >= 11 is 0. The van der Waals surface area contributed by atoms with Crippen LogP contribution in [0, 0.1) is 0 Å². The Labute approximate surface area is 98.2 Å². The molecule has 3 rings (SSSR count). The summed E-state index contributed by atoms with van der Waals surface area (Å²) in [7, 11) is -1.97. The quantitative estimate of drug-likeness (QED) is 0.577. The van der Waals surface area contributed by atoms with E-state index in [1.807, 2.05) is 0 Å². The van der Waals surface area contributed by atoms with E-state index >= 15 is 0 Å². The average molecular weight is 260 g/mol. The zero-order valence-corrected chi connectivity index (χ0v) is 10.2. The van der Waals surface area contributed by atoms with Gasteiger partial charge in [0.05, 0.1) is 21.7 Å². The highest BCUT2D eigenvalue weighted by Gasteiger charge is 2.45. The Morgan fingerprint density at radius 1 is 1.31 bits per heavy atom. The number of fused-ring (bicyclic) bond motifs is 2. The van der Waals surface area contributed by atoms with Crippen LogP contribution in [0.3, 0.4) is 0 Å². The van der Waals surface area contributed by atoms with E-state index in [2.05, 4.69) is 5.32 Å². The van der Waals surface area contributed by atoms with Crippen LogP contribution in [0.4, 0.5) is 0 Å². The summed E-state index contributed by atoms with van der Waals surface area (Å²) < 4.78 is 23.4. The number of hydrogen-bond donors (Lipinski definition) is 1. The predicted octanol–water partition coefficient (Wildman–Crippen LogP) is -1.48. The fourth-order valence-electron chi connectivity index (χ4n) is 2.39. The van der Waals surface area contributed by atoms with Gasteiger partial charge in [0, 0.05) is 41.1 Å². The van der Waals surface area contributed by atoms with Gasteiger partial charge in [-0.25, -0.2) is 0 Å². The van der Waals surface area contributed by atoms with Crippen LogP contribution in [0.1, 0.15) is 0 Å². The van der Waals surface area contributed by atoms with E-state index in [0.29, 0.717) is 41.0 Å². The highest BCUT2D eigenvalue weighted by molar-refractivity contribution is 7.89. The first kappa shape index (κ1) is 10.5. The lowest BCUT2D eigenvalue weighted by atomic mass is 10.3. The lowest BCUT2D eigenvalue weighted by Crippen LogP contribution is -2.46. The largest absolute Gasteiger partial charge is 0.379 e. The molecule has 0 aromatic heterocycles. The molecule has 3 aliphatic heterocycles. The van der Waals surface area contributed by atoms with Crippen molar-refractivity contribution in [3.63, 3.8) is 0 Å². The summed E-state index contributed by atoms with van der Waals surface area (Å²) in [6.45, 7) is 1.10. The van der Waals surface area contributed by atoms with Crippen LogP contribution in [-0.2, 0) is 26.4 Å². The molecule has 0 radical (unpaired) electrons. The van der Waals surface area contributed by atoms with Crippen molar-refractivity contribution in [1.82, 2.24) is 10.2 Å². The van der Waals surface area contributed by atoms with E-state index in [-0.39, 0.29) is 11.9 Å². The van der Waals surface area contributed by atoms with Gasteiger partial charge in [-0.15, -0.1) is 0 Å². The first-order valence-corrected chi connectivity index (χ1v) is 8.01. The molecule has 3 aliphatic rings. The maximum atomic E-state index is 12.0. The van der Waals surface area contributed by atoms with Crippen molar-refractivity contribution < 1.29 is 13.2 Å². The third kappa shape index (κ3) is 1.37. The summed E-state index contributed by atoms with van der Waals surface area (Å²) in [6.07, 6.45) is 0. The molecule has 0 aliphatic carbocycles. The van der Waals surface area contributed by atoms with Gasteiger partial charge in [0.25, 0.3) is 5.91 Å². The summed E-state index contributed by atoms with van der Waals surface area (Å²) in [4.78, 5) is 14.4. The van der Waals surface area contributed by atoms with Crippen LogP contribution in [0.25, 0.3) is 0 Å². The molecule has 3 unspecified atom stereocenters. The number of amides is 1. The van der Waals surface area contributed by atoms with E-state index in [1.165, 1.54) is 0 Å².